The lowest BCUT2D eigenvalue weighted by Crippen LogP contribution is -2.25. The van der Waals surface area contributed by atoms with E-state index < -0.39 is 0 Å². The molecule has 0 spiro atoms. The number of imidazole rings is 1. The fraction of sp³-hybridized carbons (Fsp3) is 0.118. The minimum absolute atomic E-state index is 0.0795. The summed E-state index contributed by atoms with van der Waals surface area (Å²) in [6.45, 7) is 0. The number of halogens is 2. The van der Waals surface area contributed by atoms with Gasteiger partial charge in [0.2, 0.25) is 5.91 Å². The van der Waals surface area contributed by atoms with Crippen LogP contribution in [0.1, 0.15) is 23.6 Å². The SMILES string of the molecule is O=C1CC(c2ccc(Cl)cc2Cl)c2ncn(-c3cccnc3)c2N1. The topological polar surface area (TPSA) is 59.8 Å². The standard InChI is InChI=1S/C17H12Cl2N4O/c18-10-3-4-12(14(19)6-10)13-7-15(24)22-17-16(13)21-9-23(17)11-2-1-5-20-8-11/h1-6,8-9,13H,7H2,(H,22,24). The van der Waals surface area contributed by atoms with Crippen LogP contribution in [-0.2, 0) is 4.79 Å². The van der Waals surface area contributed by atoms with Crippen LogP contribution < -0.4 is 5.32 Å². The molecular formula is C17H12Cl2N4O. The molecule has 5 nitrogen and oxygen atoms in total. The van der Waals surface area contributed by atoms with E-state index in [2.05, 4.69) is 15.3 Å². The lowest BCUT2D eigenvalue weighted by molar-refractivity contribution is -0.116. The second-order valence-corrected chi connectivity index (χ2v) is 6.37. The Bertz CT molecular complexity index is 924. The van der Waals surface area contributed by atoms with Gasteiger partial charge in [0.1, 0.15) is 12.1 Å². The van der Waals surface area contributed by atoms with Gasteiger partial charge in [0, 0.05) is 28.6 Å². The summed E-state index contributed by atoms with van der Waals surface area (Å²) >= 11 is 12.3. The van der Waals surface area contributed by atoms with Crippen molar-refractivity contribution in [3.05, 3.63) is 70.4 Å². The van der Waals surface area contributed by atoms with E-state index in [-0.39, 0.29) is 11.8 Å². The van der Waals surface area contributed by atoms with Crippen LogP contribution in [0.5, 0.6) is 0 Å². The maximum absolute atomic E-state index is 12.2. The second kappa shape index (κ2) is 5.92. The van der Waals surface area contributed by atoms with Crippen molar-refractivity contribution in [1.29, 1.82) is 0 Å². The number of carbonyl (C=O) groups excluding carboxylic acids is 1. The first-order valence-corrected chi connectivity index (χ1v) is 8.11. The first-order chi connectivity index (χ1) is 11.6. The predicted molar refractivity (Wildman–Crippen MR) is 92.9 cm³/mol. The van der Waals surface area contributed by atoms with Gasteiger partial charge in [0.15, 0.2) is 0 Å². The summed E-state index contributed by atoms with van der Waals surface area (Å²) in [7, 11) is 0. The van der Waals surface area contributed by atoms with Crippen molar-refractivity contribution < 1.29 is 4.79 Å². The average molecular weight is 359 g/mol. The zero-order valence-electron chi connectivity index (χ0n) is 12.4. The highest BCUT2D eigenvalue weighted by molar-refractivity contribution is 6.35. The molecule has 0 saturated heterocycles. The minimum atomic E-state index is -0.212. The summed E-state index contributed by atoms with van der Waals surface area (Å²) in [5, 5.41) is 3.99. The third-order valence-corrected chi connectivity index (χ3v) is 4.60. The van der Waals surface area contributed by atoms with Gasteiger partial charge in [-0.25, -0.2) is 4.98 Å². The summed E-state index contributed by atoms with van der Waals surface area (Å²) in [6, 6.07) is 9.04. The summed E-state index contributed by atoms with van der Waals surface area (Å²) in [5.74, 6) is 0.357. The van der Waals surface area contributed by atoms with Gasteiger partial charge in [-0.2, -0.15) is 0 Å². The fourth-order valence-electron chi connectivity index (χ4n) is 2.94. The number of benzene rings is 1. The fourth-order valence-corrected chi connectivity index (χ4v) is 3.48. The molecule has 1 amide bonds. The molecule has 3 aromatic rings. The first-order valence-electron chi connectivity index (χ1n) is 7.36. The van der Waals surface area contributed by atoms with Crippen molar-refractivity contribution >= 4 is 34.9 Å². The Morgan fingerprint density at radius 3 is 2.88 bits per heavy atom. The molecule has 1 unspecified atom stereocenters. The molecule has 0 saturated carbocycles. The molecule has 1 aromatic carbocycles. The quantitative estimate of drug-likeness (QED) is 0.751. The van der Waals surface area contributed by atoms with E-state index in [1.54, 1.807) is 30.9 Å². The molecular weight excluding hydrogens is 347 g/mol. The molecule has 1 aliphatic heterocycles. The molecule has 120 valence electrons. The normalized spacial score (nSPS) is 16.6. The molecule has 0 fully saturated rings. The summed E-state index contributed by atoms with van der Waals surface area (Å²) in [4.78, 5) is 20.9. The monoisotopic (exact) mass is 358 g/mol. The van der Waals surface area contributed by atoms with Crippen LogP contribution in [0.3, 0.4) is 0 Å². The first kappa shape index (κ1) is 15.2. The summed E-state index contributed by atoms with van der Waals surface area (Å²) in [5.41, 5.74) is 2.45. The van der Waals surface area contributed by atoms with E-state index in [1.807, 2.05) is 22.8 Å². The largest absolute Gasteiger partial charge is 0.310 e. The van der Waals surface area contributed by atoms with E-state index in [0.717, 1.165) is 16.9 Å². The Balaban J connectivity index is 1.84. The Hall–Kier alpha value is -2.37. The average Bonchev–Trinajstić information content (AvgIpc) is 2.99. The third-order valence-electron chi connectivity index (χ3n) is 4.04. The highest BCUT2D eigenvalue weighted by Crippen LogP contribution is 2.40. The van der Waals surface area contributed by atoms with Gasteiger partial charge < -0.3 is 5.32 Å². The summed E-state index contributed by atoms with van der Waals surface area (Å²) < 4.78 is 1.82. The number of amides is 1. The number of pyridine rings is 1. The predicted octanol–water partition coefficient (Wildman–Crippen LogP) is 4.05. The number of hydrogen-bond acceptors (Lipinski definition) is 3. The number of anilines is 1. The number of fused-ring (bicyclic) bond motifs is 1. The van der Waals surface area contributed by atoms with Crippen molar-refractivity contribution in [2.24, 2.45) is 0 Å². The lowest BCUT2D eigenvalue weighted by atomic mass is 9.90. The Kier molecular flexibility index (Phi) is 3.75. The smallest absolute Gasteiger partial charge is 0.226 e. The molecule has 1 aliphatic rings. The summed E-state index contributed by atoms with van der Waals surface area (Å²) in [6.07, 6.45) is 5.39. The van der Waals surface area contributed by atoms with Crippen LogP contribution in [0.4, 0.5) is 5.82 Å². The highest BCUT2D eigenvalue weighted by atomic mass is 35.5. The molecule has 4 rings (SSSR count). The van der Waals surface area contributed by atoms with Crippen LogP contribution in [0, 0.1) is 0 Å². The maximum Gasteiger partial charge on any atom is 0.226 e. The van der Waals surface area contributed by atoms with E-state index >= 15 is 0 Å². The molecule has 0 bridgehead atoms. The van der Waals surface area contributed by atoms with Gasteiger partial charge in [-0.1, -0.05) is 29.3 Å². The third kappa shape index (κ3) is 2.56. The van der Waals surface area contributed by atoms with E-state index in [4.69, 9.17) is 23.2 Å². The van der Waals surface area contributed by atoms with Gasteiger partial charge in [-0.15, -0.1) is 0 Å². The minimum Gasteiger partial charge on any atom is -0.310 e. The molecule has 2 aromatic heterocycles. The van der Waals surface area contributed by atoms with Crippen LogP contribution in [0.25, 0.3) is 5.69 Å². The molecule has 1 N–H and O–H groups in total. The molecule has 7 heteroatoms. The zero-order valence-corrected chi connectivity index (χ0v) is 13.9. The van der Waals surface area contributed by atoms with Crippen molar-refractivity contribution in [2.45, 2.75) is 12.3 Å². The van der Waals surface area contributed by atoms with Gasteiger partial charge in [-0.3, -0.25) is 14.3 Å². The molecule has 0 radical (unpaired) electrons. The number of carbonyl (C=O) groups is 1. The Morgan fingerprint density at radius 2 is 2.12 bits per heavy atom. The van der Waals surface area contributed by atoms with Gasteiger partial charge in [0.25, 0.3) is 0 Å². The van der Waals surface area contributed by atoms with E-state index in [0.29, 0.717) is 22.3 Å². The molecule has 1 atom stereocenters. The number of rotatable bonds is 2. The lowest BCUT2D eigenvalue weighted by Gasteiger charge is -2.24. The van der Waals surface area contributed by atoms with Crippen molar-refractivity contribution in [3.8, 4) is 5.69 Å². The van der Waals surface area contributed by atoms with Gasteiger partial charge >= 0.3 is 0 Å². The number of nitrogens with zero attached hydrogens (tertiary/aromatic N) is 3. The van der Waals surface area contributed by atoms with Crippen molar-refractivity contribution in [2.75, 3.05) is 5.32 Å². The van der Waals surface area contributed by atoms with Crippen molar-refractivity contribution in [1.82, 2.24) is 14.5 Å². The van der Waals surface area contributed by atoms with Crippen molar-refractivity contribution in [3.63, 3.8) is 0 Å². The molecule has 3 heterocycles. The van der Waals surface area contributed by atoms with Crippen LogP contribution in [0.2, 0.25) is 10.0 Å². The highest BCUT2D eigenvalue weighted by Gasteiger charge is 2.32. The van der Waals surface area contributed by atoms with E-state index in [9.17, 15) is 4.79 Å². The maximum atomic E-state index is 12.2. The van der Waals surface area contributed by atoms with Gasteiger partial charge in [0.05, 0.1) is 17.6 Å². The van der Waals surface area contributed by atoms with Crippen LogP contribution in [0.15, 0.2) is 49.1 Å². The molecule has 0 aliphatic carbocycles. The number of nitrogens with one attached hydrogen (secondary N) is 1. The molecule has 24 heavy (non-hydrogen) atoms. The van der Waals surface area contributed by atoms with E-state index in [1.165, 1.54) is 0 Å². The second-order valence-electron chi connectivity index (χ2n) is 5.53. The number of hydrogen-bond donors (Lipinski definition) is 1. The van der Waals surface area contributed by atoms with Gasteiger partial charge in [-0.05, 0) is 29.8 Å². The Labute approximate surface area is 148 Å². The Morgan fingerprint density at radius 1 is 1.25 bits per heavy atom. The number of aromatic nitrogens is 3. The van der Waals surface area contributed by atoms with Crippen LogP contribution in [-0.4, -0.2) is 20.4 Å². The van der Waals surface area contributed by atoms with Crippen LogP contribution >= 0.6 is 23.2 Å². The zero-order chi connectivity index (χ0) is 16.7.